The summed E-state index contributed by atoms with van der Waals surface area (Å²) in [5, 5.41) is 7.88. The lowest BCUT2D eigenvalue weighted by molar-refractivity contribution is 0.396. The molecular formula is C19H23FN6. The summed E-state index contributed by atoms with van der Waals surface area (Å²) in [4.78, 5) is 4.45. The Morgan fingerprint density at radius 2 is 2.00 bits per heavy atom. The highest BCUT2D eigenvalue weighted by Crippen LogP contribution is 2.41. The molecule has 0 unspecified atom stereocenters. The zero-order chi connectivity index (χ0) is 18.3. The highest BCUT2D eigenvalue weighted by atomic mass is 19.1. The van der Waals surface area contributed by atoms with Crippen molar-refractivity contribution in [3.05, 3.63) is 47.5 Å². The first kappa shape index (κ1) is 16.8. The smallest absolute Gasteiger partial charge is 0.177 e. The molecule has 1 aromatic carbocycles. The summed E-state index contributed by atoms with van der Waals surface area (Å²) in [6.45, 7) is 1.75. The molecule has 2 heterocycles. The lowest BCUT2D eigenvalue weighted by atomic mass is 9.81. The van der Waals surface area contributed by atoms with Crippen molar-refractivity contribution in [2.75, 3.05) is 11.1 Å². The molecule has 0 aliphatic heterocycles. The number of hydrogen-bond donors (Lipinski definition) is 3. The molecule has 26 heavy (non-hydrogen) atoms. The van der Waals surface area contributed by atoms with E-state index in [4.69, 9.17) is 11.5 Å². The molecule has 0 atom stereocenters. The van der Waals surface area contributed by atoms with Crippen LogP contribution in [-0.4, -0.2) is 20.6 Å². The van der Waals surface area contributed by atoms with Crippen molar-refractivity contribution < 1.29 is 4.39 Å². The van der Waals surface area contributed by atoms with Crippen molar-refractivity contribution in [1.82, 2.24) is 14.6 Å². The van der Waals surface area contributed by atoms with Gasteiger partial charge in [-0.15, -0.1) is 5.10 Å². The van der Waals surface area contributed by atoms with Crippen molar-refractivity contribution in [1.29, 1.82) is 0 Å². The predicted molar refractivity (Wildman–Crippen MR) is 101 cm³/mol. The zero-order valence-corrected chi connectivity index (χ0v) is 14.7. The Labute approximate surface area is 151 Å². The summed E-state index contributed by atoms with van der Waals surface area (Å²) in [5.41, 5.74) is 16.3. The van der Waals surface area contributed by atoms with Crippen molar-refractivity contribution in [2.45, 2.75) is 44.6 Å². The normalized spacial score (nSPS) is 20.4. The topological polar surface area (TPSA) is 94.3 Å². The average molecular weight is 354 g/mol. The largest absolute Gasteiger partial charge is 0.382 e. The summed E-state index contributed by atoms with van der Waals surface area (Å²) >= 11 is 0. The van der Waals surface area contributed by atoms with Crippen molar-refractivity contribution >= 4 is 22.8 Å². The fraction of sp³-hybridized carbons (Fsp3) is 0.368. The van der Waals surface area contributed by atoms with E-state index in [-0.39, 0.29) is 17.8 Å². The Balaban J connectivity index is 1.81. The molecule has 1 aliphatic rings. The molecule has 1 aliphatic carbocycles. The van der Waals surface area contributed by atoms with Gasteiger partial charge in [0.2, 0.25) is 0 Å². The van der Waals surface area contributed by atoms with E-state index >= 15 is 0 Å². The van der Waals surface area contributed by atoms with E-state index in [1.54, 1.807) is 36.0 Å². The number of imidazole rings is 1. The number of nitrogens with zero attached hydrogens (tertiary/aromatic N) is 3. The molecule has 1 fully saturated rings. The van der Waals surface area contributed by atoms with Gasteiger partial charge in [-0.1, -0.05) is 0 Å². The minimum absolute atomic E-state index is 0.225. The number of anilines is 3. The van der Waals surface area contributed by atoms with Gasteiger partial charge in [-0.2, -0.15) is 0 Å². The summed E-state index contributed by atoms with van der Waals surface area (Å²) in [6.07, 6.45) is 7.36. The van der Waals surface area contributed by atoms with Gasteiger partial charge in [0.25, 0.3) is 0 Å². The van der Waals surface area contributed by atoms with Crippen LogP contribution in [0.1, 0.15) is 42.7 Å². The van der Waals surface area contributed by atoms with Crippen LogP contribution in [0.15, 0.2) is 30.6 Å². The van der Waals surface area contributed by atoms with Crippen LogP contribution in [0.3, 0.4) is 0 Å². The number of nitrogens with two attached hydrogens (primary N) is 2. The van der Waals surface area contributed by atoms with Crippen LogP contribution < -0.4 is 16.8 Å². The number of nitrogens with one attached hydrogen (secondary N) is 1. The van der Waals surface area contributed by atoms with Crippen LogP contribution in [0.5, 0.6) is 0 Å². The minimum Gasteiger partial charge on any atom is -0.382 e. The first-order valence-electron chi connectivity index (χ1n) is 8.94. The monoisotopic (exact) mass is 354 g/mol. The second kappa shape index (κ2) is 6.57. The highest BCUT2D eigenvalue weighted by molar-refractivity contribution is 5.80. The molecule has 6 nitrogen and oxygen atoms in total. The van der Waals surface area contributed by atoms with Crippen LogP contribution in [-0.2, 0) is 0 Å². The number of aryl methyl sites for hydroxylation is 1. The second-order valence-corrected chi connectivity index (χ2v) is 7.07. The number of fused-ring (bicyclic) bond motifs is 1. The third-order valence-electron chi connectivity index (χ3n) is 5.21. The van der Waals surface area contributed by atoms with E-state index in [1.165, 1.54) is 6.07 Å². The number of halogens is 1. The van der Waals surface area contributed by atoms with Gasteiger partial charge in [0.1, 0.15) is 11.6 Å². The Kier molecular flexibility index (Phi) is 4.24. The van der Waals surface area contributed by atoms with E-state index in [2.05, 4.69) is 15.4 Å². The highest BCUT2D eigenvalue weighted by Gasteiger charge is 2.27. The Bertz CT molecular complexity index is 943. The molecule has 5 N–H and O–H groups in total. The number of hydrogen-bond acceptors (Lipinski definition) is 5. The van der Waals surface area contributed by atoms with Gasteiger partial charge in [0.05, 0.1) is 5.69 Å². The van der Waals surface area contributed by atoms with Gasteiger partial charge in [-0.05, 0) is 62.3 Å². The van der Waals surface area contributed by atoms with Crippen molar-refractivity contribution in [3.8, 4) is 0 Å². The molecular weight excluding hydrogens is 331 g/mol. The maximum absolute atomic E-state index is 13.6. The standard InChI is InChI=1S/C19H23FN6/c1-11-10-14(6-7-15(11)20)24-17-16(12-2-4-13(21)5-3-12)18(22)25-26-9-8-23-19(17)26/h6-10,12-13,24H,2-5,21H2,1H3,(H2,22,25). The minimum atomic E-state index is -0.225. The van der Waals surface area contributed by atoms with E-state index in [0.29, 0.717) is 17.0 Å². The lowest BCUT2D eigenvalue weighted by Crippen LogP contribution is -2.26. The molecule has 136 valence electrons. The average Bonchev–Trinajstić information content (AvgIpc) is 3.07. The fourth-order valence-corrected chi connectivity index (χ4v) is 3.79. The number of aromatic nitrogens is 3. The third kappa shape index (κ3) is 2.99. The molecule has 0 bridgehead atoms. The maximum Gasteiger partial charge on any atom is 0.177 e. The van der Waals surface area contributed by atoms with Crippen molar-refractivity contribution in [2.24, 2.45) is 5.73 Å². The molecule has 0 amide bonds. The zero-order valence-electron chi connectivity index (χ0n) is 14.7. The first-order chi connectivity index (χ1) is 12.5. The van der Waals surface area contributed by atoms with Crippen LogP contribution >= 0.6 is 0 Å². The molecule has 7 heteroatoms. The number of nitrogen functional groups attached to an aromatic ring is 1. The second-order valence-electron chi connectivity index (χ2n) is 7.07. The molecule has 3 aromatic rings. The van der Waals surface area contributed by atoms with Crippen LogP contribution in [0.25, 0.3) is 5.65 Å². The van der Waals surface area contributed by atoms with Gasteiger partial charge < -0.3 is 16.8 Å². The van der Waals surface area contributed by atoms with Gasteiger partial charge in [-0.3, -0.25) is 0 Å². The fourth-order valence-electron chi connectivity index (χ4n) is 3.79. The quantitative estimate of drug-likeness (QED) is 0.669. The van der Waals surface area contributed by atoms with E-state index in [0.717, 1.165) is 42.6 Å². The molecule has 0 radical (unpaired) electrons. The predicted octanol–water partition coefficient (Wildman–Crippen LogP) is 3.49. The molecule has 0 spiro atoms. The van der Waals surface area contributed by atoms with E-state index in [1.807, 2.05) is 0 Å². The van der Waals surface area contributed by atoms with E-state index in [9.17, 15) is 4.39 Å². The third-order valence-corrected chi connectivity index (χ3v) is 5.21. The number of rotatable bonds is 3. The Morgan fingerprint density at radius 1 is 1.23 bits per heavy atom. The van der Waals surface area contributed by atoms with Gasteiger partial charge in [0.15, 0.2) is 5.65 Å². The Hall–Kier alpha value is -2.67. The van der Waals surface area contributed by atoms with Gasteiger partial charge in [-0.25, -0.2) is 13.9 Å². The molecule has 4 rings (SSSR count). The molecule has 0 saturated heterocycles. The Morgan fingerprint density at radius 3 is 2.73 bits per heavy atom. The van der Waals surface area contributed by atoms with Crippen LogP contribution in [0.4, 0.5) is 21.6 Å². The molecule has 2 aromatic heterocycles. The summed E-state index contributed by atoms with van der Waals surface area (Å²) in [6, 6.07) is 5.22. The number of benzene rings is 1. The summed E-state index contributed by atoms with van der Waals surface area (Å²) in [7, 11) is 0. The SMILES string of the molecule is Cc1cc(Nc2c(C3CCC(N)CC3)c(N)nn3ccnc23)ccc1F. The first-order valence-corrected chi connectivity index (χ1v) is 8.94. The lowest BCUT2D eigenvalue weighted by Gasteiger charge is -2.28. The van der Waals surface area contributed by atoms with Crippen molar-refractivity contribution in [3.63, 3.8) is 0 Å². The summed E-state index contributed by atoms with van der Waals surface area (Å²) in [5.74, 6) is 0.558. The van der Waals surface area contributed by atoms with Crippen LogP contribution in [0, 0.1) is 12.7 Å². The summed E-state index contributed by atoms with van der Waals surface area (Å²) < 4.78 is 15.3. The van der Waals surface area contributed by atoms with Gasteiger partial charge in [0, 0.05) is 29.7 Å². The molecule has 1 saturated carbocycles. The van der Waals surface area contributed by atoms with E-state index < -0.39 is 0 Å². The van der Waals surface area contributed by atoms with Gasteiger partial charge >= 0.3 is 0 Å². The van der Waals surface area contributed by atoms with Crippen LogP contribution in [0.2, 0.25) is 0 Å². The maximum atomic E-state index is 13.6.